The molecule has 1 atom stereocenters. The standard InChI is InChI=1S/C27H27N3O5/c1-17(26(32)34-15-18-7-6-8-19(13-18)30-25(31)14-28)29-27(33)35-16-24-22-11-4-2-9-20(22)21-10-3-5-12-23(21)24/h2-13,17,24H,14-16,28H2,1H3,(H,29,33)(H,30,31). The molecule has 4 N–H and O–H groups in total. The number of hydrogen-bond donors (Lipinski definition) is 3. The van der Waals surface area contributed by atoms with Crippen molar-refractivity contribution < 1.29 is 23.9 Å². The number of anilines is 1. The fourth-order valence-electron chi connectivity index (χ4n) is 4.11. The van der Waals surface area contributed by atoms with E-state index in [0.29, 0.717) is 11.3 Å². The molecule has 3 aromatic carbocycles. The number of alkyl carbamates (subject to hydrolysis) is 1. The van der Waals surface area contributed by atoms with Crippen molar-refractivity contribution in [3.8, 4) is 11.1 Å². The third-order valence-corrected chi connectivity index (χ3v) is 5.81. The van der Waals surface area contributed by atoms with Crippen molar-refractivity contribution in [1.29, 1.82) is 0 Å². The number of amides is 2. The predicted octanol–water partition coefficient (Wildman–Crippen LogP) is 3.55. The molecule has 0 bridgehead atoms. The van der Waals surface area contributed by atoms with Crippen LogP contribution >= 0.6 is 0 Å². The Bertz CT molecular complexity index is 1200. The predicted molar refractivity (Wildman–Crippen MR) is 132 cm³/mol. The molecule has 0 aliphatic heterocycles. The van der Waals surface area contributed by atoms with E-state index in [1.165, 1.54) is 6.92 Å². The Kier molecular flexibility index (Phi) is 7.42. The zero-order valence-corrected chi connectivity index (χ0v) is 19.3. The number of benzene rings is 3. The van der Waals surface area contributed by atoms with Gasteiger partial charge in [-0.05, 0) is 46.9 Å². The minimum atomic E-state index is -0.897. The maximum Gasteiger partial charge on any atom is 0.407 e. The average Bonchev–Trinajstić information content (AvgIpc) is 3.19. The van der Waals surface area contributed by atoms with Crippen molar-refractivity contribution in [3.63, 3.8) is 0 Å². The molecule has 35 heavy (non-hydrogen) atoms. The molecule has 1 aliphatic carbocycles. The molecule has 0 radical (unpaired) electrons. The molecule has 8 heteroatoms. The van der Waals surface area contributed by atoms with Crippen LogP contribution < -0.4 is 16.4 Å². The molecule has 8 nitrogen and oxygen atoms in total. The van der Waals surface area contributed by atoms with E-state index in [4.69, 9.17) is 15.2 Å². The van der Waals surface area contributed by atoms with E-state index in [-0.39, 0.29) is 31.6 Å². The first-order valence-corrected chi connectivity index (χ1v) is 11.3. The van der Waals surface area contributed by atoms with Gasteiger partial charge in [-0.1, -0.05) is 60.7 Å². The third kappa shape index (κ3) is 5.67. The van der Waals surface area contributed by atoms with Crippen molar-refractivity contribution in [2.45, 2.75) is 25.5 Å². The van der Waals surface area contributed by atoms with Crippen molar-refractivity contribution in [2.75, 3.05) is 18.5 Å². The van der Waals surface area contributed by atoms with Gasteiger partial charge in [0.2, 0.25) is 5.91 Å². The van der Waals surface area contributed by atoms with Gasteiger partial charge in [-0.2, -0.15) is 0 Å². The Hall–Kier alpha value is -4.17. The summed E-state index contributed by atoms with van der Waals surface area (Å²) in [6, 6.07) is 22.1. The van der Waals surface area contributed by atoms with E-state index in [2.05, 4.69) is 22.8 Å². The highest BCUT2D eigenvalue weighted by Gasteiger charge is 2.29. The Morgan fingerprint density at radius 2 is 1.57 bits per heavy atom. The number of hydrogen-bond acceptors (Lipinski definition) is 6. The molecule has 0 saturated carbocycles. The van der Waals surface area contributed by atoms with Crippen LogP contribution in [0.25, 0.3) is 11.1 Å². The van der Waals surface area contributed by atoms with Crippen LogP contribution in [-0.2, 0) is 25.7 Å². The Morgan fingerprint density at radius 1 is 0.914 bits per heavy atom. The molecule has 0 fully saturated rings. The van der Waals surface area contributed by atoms with Gasteiger partial charge < -0.3 is 25.8 Å². The summed E-state index contributed by atoms with van der Waals surface area (Å²) in [6.45, 7) is 1.55. The smallest absolute Gasteiger partial charge is 0.407 e. The summed E-state index contributed by atoms with van der Waals surface area (Å²) in [7, 11) is 0. The second-order valence-electron chi connectivity index (χ2n) is 8.25. The van der Waals surface area contributed by atoms with E-state index in [1.807, 2.05) is 36.4 Å². The van der Waals surface area contributed by atoms with Crippen LogP contribution in [0.2, 0.25) is 0 Å². The Morgan fingerprint density at radius 3 is 2.23 bits per heavy atom. The largest absolute Gasteiger partial charge is 0.459 e. The zero-order chi connectivity index (χ0) is 24.8. The lowest BCUT2D eigenvalue weighted by Crippen LogP contribution is -2.40. The Labute approximate surface area is 203 Å². The van der Waals surface area contributed by atoms with Crippen LogP contribution in [0.15, 0.2) is 72.8 Å². The normalized spacial score (nSPS) is 12.7. The van der Waals surface area contributed by atoms with Gasteiger partial charge in [-0.3, -0.25) is 4.79 Å². The maximum absolute atomic E-state index is 12.4. The monoisotopic (exact) mass is 473 g/mol. The third-order valence-electron chi connectivity index (χ3n) is 5.81. The number of fused-ring (bicyclic) bond motifs is 3. The molecule has 2 amide bonds. The summed E-state index contributed by atoms with van der Waals surface area (Å²) in [4.78, 5) is 36.2. The molecule has 1 unspecified atom stereocenters. The molecule has 4 rings (SSSR count). The van der Waals surface area contributed by atoms with E-state index < -0.39 is 18.1 Å². The van der Waals surface area contributed by atoms with Crippen molar-refractivity contribution >= 4 is 23.7 Å². The van der Waals surface area contributed by atoms with Crippen molar-refractivity contribution in [3.05, 3.63) is 89.5 Å². The first-order valence-electron chi connectivity index (χ1n) is 11.3. The fraction of sp³-hybridized carbons (Fsp3) is 0.222. The Balaban J connectivity index is 1.28. The van der Waals surface area contributed by atoms with Gasteiger partial charge in [0.25, 0.3) is 0 Å². The fourth-order valence-corrected chi connectivity index (χ4v) is 4.11. The lowest BCUT2D eigenvalue weighted by Gasteiger charge is -2.17. The number of rotatable bonds is 8. The summed E-state index contributed by atoms with van der Waals surface area (Å²) in [5.74, 6) is -0.989. The number of nitrogens with one attached hydrogen (secondary N) is 2. The molecular weight excluding hydrogens is 446 g/mol. The molecule has 1 aliphatic rings. The van der Waals surface area contributed by atoms with E-state index in [1.54, 1.807) is 24.3 Å². The molecule has 0 saturated heterocycles. The highest BCUT2D eigenvalue weighted by atomic mass is 16.6. The van der Waals surface area contributed by atoms with Crippen LogP contribution in [0.5, 0.6) is 0 Å². The van der Waals surface area contributed by atoms with Crippen molar-refractivity contribution in [2.24, 2.45) is 5.73 Å². The molecule has 0 heterocycles. The molecule has 0 aromatic heterocycles. The van der Waals surface area contributed by atoms with Gasteiger partial charge in [0.05, 0.1) is 6.54 Å². The summed E-state index contributed by atoms with van der Waals surface area (Å²) in [5.41, 5.74) is 11.0. The maximum atomic E-state index is 12.4. The quantitative estimate of drug-likeness (QED) is 0.431. The molecule has 180 valence electrons. The SMILES string of the molecule is CC(NC(=O)OCC1c2ccccc2-c2ccccc21)C(=O)OCc1cccc(NC(=O)CN)c1. The highest BCUT2D eigenvalue weighted by Crippen LogP contribution is 2.44. The van der Waals surface area contributed by atoms with Gasteiger partial charge >= 0.3 is 12.1 Å². The van der Waals surface area contributed by atoms with Gasteiger partial charge in [-0.25, -0.2) is 9.59 Å². The number of carbonyl (C=O) groups excluding carboxylic acids is 3. The number of nitrogens with two attached hydrogens (primary N) is 1. The van der Waals surface area contributed by atoms with E-state index in [0.717, 1.165) is 22.3 Å². The zero-order valence-electron chi connectivity index (χ0n) is 19.3. The number of ether oxygens (including phenoxy) is 2. The summed E-state index contributed by atoms with van der Waals surface area (Å²) >= 11 is 0. The van der Waals surface area contributed by atoms with Crippen LogP contribution in [0.1, 0.15) is 29.5 Å². The van der Waals surface area contributed by atoms with Gasteiger partial charge in [-0.15, -0.1) is 0 Å². The first-order chi connectivity index (χ1) is 17.0. The number of esters is 1. The van der Waals surface area contributed by atoms with E-state index in [9.17, 15) is 14.4 Å². The average molecular weight is 474 g/mol. The van der Waals surface area contributed by atoms with Crippen LogP contribution in [0, 0.1) is 0 Å². The minimum absolute atomic E-state index is 0.0120. The molecular formula is C27H27N3O5. The molecule has 3 aromatic rings. The lowest BCUT2D eigenvalue weighted by molar-refractivity contribution is -0.146. The van der Waals surface area contributed by atoms with Gasteiger partial charge in [0, 0.05) is 11.6 Å². The second kappa shape index (κ2) is 10.8. The summed E-state index contributed by atoms with van der Waals surface area (Å²) in [5, 5.41) is 5.17. The van der Waals surface area contributed by atoms with E-state index >= 15 is 0 Å². The second-order valence-corrected chi connectivity index (χ2v) is 8.25. The lowest BCUT2D eigenvalue weighted by atomic mass is 9.98. The van der Waals surface area contributed by atoms with Gasteiger partial charge in [0.15, 0.2) is 0 Å². The van der Waals surface area contributed by atoms with Crippen LogP contribution in [0.4, 0.5) is 10.5 Å². The molecule has 0 spiro atoms. The van der Waals surface area contributed by atoms with Crippen molar-refractivity contribution in [1.82, 2.24) is 5.32 Å². The number of carbonyl (C=O) groups is 3. The van der Waals surface area contributed by atoms with Crippen LogP contribution in [-0.4, -0.2) is 37.2 Å². The highest BCUT2D eigenvalue weighted by molar-refractivity contribution is 5.92. The minimum Gasteiger partial charge on any atom is -0.459 e. The summed E-state index contributed by atoms with van der Waals surface area (Å²) in [6.07, 6.45) is -0.692. The van der Waals surface area contributed by atoms with Gasteiger partial charge in [0.1, 0.15) is 19.3 Å². The van der Waals surface area contributed by atoms with Crippen LogP contribution in [0.3, 0.4) is 0 Å². The summed E-state index contributed by atoms with van der Waals surface area (Å²) < 4.78 is 10.8. The first kappa shape index (κ1) is 24.0. The topological polar surface area (TPSA) is 120 Å².